The number of aryl methyl sites for hydroxylation is 3. The lowest BCUT2D eigenvalue weighted by atomic mass is 9.81. The van der Waals surface area contributed by atoms with Crippen LogP contribution in [-0.4, -0.2) is 63.7 Å². The molecule has 1 unspecified atom stereocenters. The van der Waals surface area contributed by atoms with Gasteiger partial charge in [-0.25, -0.2) is 15.0 Å². The van der Waals surface area contributed by atoms with Gasteiger partial charge in [-0.3, -0.25) is 13.7 Å². The van der Waals surface area contributed by atoms with E-state index < -0.39 is 6.05 Å². The van der Waals surface area contributed by atoms with Crippen LogP contribution in [0.25, 0.3) is 84.3 Å². The zero-order valence-electron chi connectivity index (χ0n) is 51.0. The molecule has 0 aliphatic rings. The Morgan fingerprint density at radius 1 is 0.419 bits per heavy atom. The summed E-state index contributed by atoms with van der Waals surface area (Å²) in [6.45, 7) is 19.7. The minimum atomic E-state index is -0.900. The third-order valence-corrected chi connectivity index (χ3v) is 16.2. The topological polar surface area (TPSA) is 59.9 Å². The number of aromatic nitrogens is 6. The predicted octanol–water partition coefficient (Wildman–Crippen LogP) is 19.3. The number of para-hydroxylation sites is 9. The monoisotopic (exact) mass is 1250 g/mol. The van der Waals surface area contributed by atoms with Crippen molar-refractivity contribution >= 4 is 80.1 Å². The molecule has 0 saturated heterocycles. The molecule has 3 heterocycles. The van der Waals surface area contributed by atoms with Crippen molar-refractivity contribution < 1.29 is 0 Å². The molecule has 2 radical (unpaired) electrons. The van der Waals surface area contributed by atoms with Gasteiger partial charge in [0, 0.05) is 77.2 Å². The maximum Gasteiger partial charge on any atom is 0.145 e. The number of hydrogen-bond acceptors (Lipinski definition) is 5. The molecule has 8 nitrogen and oxygen atoms in total. The van der Waals surface area contributed by atoms with E-state index in [-0.39, 0.29) is 5.92 Å². The molecule has 0 bridgehead atoms. The van der Waals surface area contributed by atoms with Crippen LogP contribution in [0.3, 0.4) is 0 Å². The number of imidazole rings is 3. The van der Waals surface area contributed by atoms with Crippen molar-refractivity contribution in [3.05, 3.63) is 276 Å². The van der Waals surface area contributed by atoms with Crippen LogP contribution in [0.4, 0.5) is 11.4 Å². The average molecular weight is 1260 g/mol. The van der Waals surface area contributed by atoms with Crippen LogP contribution in [0.5, 0.6) is 0 Å². The molecule has 426 valence electrons. The highest BCUT2D eigenvalue weighted by atomic mass is 127. The number of anilines is 2. The van der Waals surface area contributed by atoms with Gasteiger partial charge in [0.05, 0.1) is 34.4 Å². The van der Waals surface area contributed by atoms with Gasteiger partial charge in [-0.1, -0.05) is 155 Å². The molecule has 0 N–H and O–H groups in total. The summed E-state index contributed by atoms with van der Waals surface area (Å²) in [7, 11) is 4.83. The second kappa shape index (κ2) is 27.2. The van der Waals surface area contributed by atoms with E-state index in [9.17, 15) is 0 Å². The molecule has 0 saturated carbocycles. The maximum atomic E-state index is 6.41. The lowest BCUT2D eigenvalue weighted by Crippen LogP contribution is -2.22. The lowest BCUT2D eigenvalue weighted by Gasteiger charge is -2.27. The van der Waals surface area contributed by atoms with E-state index in [1.165, 1.54) is 44.8 Å². The van der Waals surface area contributed by atoms with Gasteiger partial charge in [0.15, 0.2) is 0 Å². The Morgan fingerprint density at radius 3 is 1.02 bits per heavy atom. The molecule has 10 aromatic carbocycles. The molecular weight excluding hydrogens is 1180 g/mol. The second-order valence-electron chi connectivity index (χ2n) is 21.5. The first-order valence-electron chi connectivity index (χ1n) is 30.1. The molecular formula is C75H71BIN8P. The minimum Gasteiger partial charge on any atom is -0.372 e. The Hall–Kier alpha value is -8.57. The summed E-state index contributed by atoms with van der Waals surface area (Å²) in [4.78, 5) is 20.7. The zero-order valence-corrected chi connectivity index (χ0v) is 53.0. The molecule has 13 aromatic rings. The average Bonchev–Trinajstić information content (AvgIpc) is 1.75. The van der Waals surface area contributed by atoms with Crippen LogP contribution in [0.1, 0.15) is 67.0 Å². The standard InChI is InChI=1S/C45H30N6.C30H40N2.BHIP/c1-4-16-34(17-5-1)49-40-25-13-10-22-37(40)46-43(49)31-28-32(44-47-38-23-11-14-26-41(38)50(44)35-18-6-2-7-19-35)30-33(29-31)45-48-39-24-12-15-27-42(39)51(45)36-20-8-3-9-21-36;1-8-31(9-2)26-16-18-28(23(6)20-26)30(25-14-12-22(5)13-15-25)29-19-17-27(21-24(29)7)32(10-3)11-4;1-3-2/h1-30H;12-21,30H,8-11H2,1-7H3;3H/i;;3T. The smallest absolute Gasteiger partial charge is 0.145 e. The number of halogens is 1. The van der Waals surface area contributed by atoms with Crippen LogP contribution in [0, 0.1) is 20.8 Å². The van der Waals surface area contributed by atoms with Gasteiger partial charge in [-0.15, -0.1) is 6.05 Å². The fourth-order valence-electron chi connectivity index (χ4n) is 12.0. The van der Waals surface area contributed by atoms with Crippen LogP contribution < -0.4 is 9.80 Å². The van der Waals surface area contributed by atoms with E-state index >= 15 is 0 Å². The molecule has 0 aliphatic carbocycles. The van der Waals surface area contributed by atoms with E-state index in [2.05, 4.69) is 278 Å². The summed E-state index contributed by atoms with van der Waals surface area (Å²) in [5.41, 5.74) is 22.7. The number of rotatable bonds is 15. The quantitative estimate of drug-likeness (QED) is 0.0443. The summed E-state index contributed by atoms with van der Waals surface area (Å²) in [5.74, 6) is 2.76. The zero-order chi connectivity index (χ0) is 60.6. The van der Waals surface area contributed by atoms with Crippen molar-refractivity contribution in [2.45, 2.75) is 54.4 Å². The van der Waals surface area contributed by atoms with Crippen molar-refractivity contribution in [2.75, 3.05) is 36.0 Å². The molecule has 11 heteroatoms. The highest BCUT2D eigenvalue weighted by molar-refractivity contribution is 14.2. The Bertz CT molecular complexity index is 4050. The second-order valence-corrected chi connectivity index (χ2v) is 23.3. The van der Waals surface area contributed by atoms with E-state index in [4.69, 9.17) is 23.8 Å². The highest BCUT2D eigenvalue weighted by Gasteiger charge is 2.25. The Morgan fingerprint density at radius 2 is 0.721 bits per heavy atom. The number of hydrogen-bond donors (Lipinski definition) is 0. The van der Waals surface area contributed by atoms with E-state index in [1.54, 1.807) is 0 Å². The third kappa shape index (κ3) is 12.3. The molecule has 13 rings (SSSR count). The van der Waals surface area contributed by atoms with E-state index in [1.807, 2.05) is 58.4 Å². The molecule has 3 aromatic heterocycles. The van der Waals surface area contributed by atoms with Gasteiger partial charge in [0.1, 0.15) is 25.0 Å². The van der Waals surface area contributed by atoms with Crippen molar-refractivity contribution in [3.63, 3.8) is 0 Å². The van der Waals surface area contributed by atoms with Crippen molar-refractivity contribution in [2.24, 2.45) is 0 Å². The summed E-state index contributed by atoms with van der Waals surface area (Å²) in [6, 6.07) is 85.2. The Kier molecular flexibility index (Phi) is 18.3. The molecule has 0 spiro atoms. The molecule has 0 amide bonds. The van der Waals surface area contributed by atoms with Crippen LogP contribution in [-0.2, 0) is 0 Å². The fourth-order valence-corrected chi connectivity index (χ4v) is 12.0. The predicted molar refractivity (Wildman–Crippen MR) is 376 cm³/mol. The summed E-state index contributed by atoms with van der Waals surface area (Å²) in [6.07, 6.45) is 0. The normalized spacial score (nSPS) is 11.7. The third-order valence-electron chi connectivity index (χ3n) is 16.2. The Balaban J connectivity index is 0.000000188. The van der Waals surface area contributed by atoms with Crippen LogP contribution in [0.2, 0.25) is 0 Å². The largest absolute Gasteiger partial charge is 0.372 e. The number of benzene rings is 10. The number of nitrogens with zero attached hydrogens (tertiary/aromatic N) is 8. The van der Waals surface area contributed by atoms with Crippen molar-refractivity contribution in [3.8, 4) is 51.2 Å². The maximum absolute atomic E-state index is 6.41. The van der Waals surface area contributed by atoms with Gasteiger partial charge >= 0.3 is 0 Å². The van der Waals surface area contributed by atoms with Gasteiger partial charge in [0.25, 0.3) is 0 Å². The molecule has 86 heavy (non-hydrogen) atoms. The first-order chi connectivity index (χ1) is 42.5. The van der Waals surface area contributed by atoms with Crippen LogP contribution in [0.15, 0.2) is 243 Å². The summed E-state index contributed by atoms with van der Waals surface area (Å²) >= 11 is 1.85. The van der Waals surface area contributed by atoms with Crippen molar-refractivity contribution in [1.29, 1.82) is 1.28 Å². The summed E-state index contributed by atoms with van der Waals surface area (Å²) in [5, 5.41) is 0. The fraction of sp³-hybridized carbons (Fsp3) is 0.160. The highest BCUT2D eigenvalue weighted by Crippen LogP contribution is 2.41. The van der Waals surface area contributed by atoms with Gasteiger partial charge in [0.2, 0.25) is 0 Å². The first-order valence-corrected chi connectivity index (χ1v) is 33.4. The number of fused-ring (bicyclic) bond motifs is 3. The van der Waals surface area contributed by atoms with E-state index in [0.717, 1.165) is 111 Å². The molecule has 0 fully saturated rings. The van der Waals surface area contributed by atoms with Gasteiger partial charge in [-0.2, -0.15) is 0 Å². The summed E-state index contributed by atoms with van der Waals surface area (Å²) < 4.78 is 13.2. The first kappa shape index (κ1) is 57.8. The SMILES string of the molecule is CCN(CC)c1ccc(C(c2ccc(C)cc2)c2ccc(N(CC)CC)cc2C)c(C)c1.[3H]P([B])I.c1ccc(-n2c(-c3cc(-c4nc5ccccc5n4-c4ccccc4)cc(-c4nc5ccccc5n4-c4ccccc4)c3)nc3ccccc32)cc1. The minimum absolute atomic E-state index is 0.229. The molecule has 0 aliphatic heterocycles. The molecule has 1 atom stereocenters. The van der Waals surface area contributed by atoms with Gasteiger partial charge < -0.3 is 9.80 Å². The van der Waals surface area contributed by atoms with Crippen molar-refractivity contribution in [1.82, 2.24) is 28.7 Å². The lowest BCUT2D eigenvalue weighted by molar-refractivity contribution is 0.859. The van der Waals surface area contributed by atoms with Gasteiger partial charge in [-0.05, 0) is 192 Å². The van der Waals surface area contributed by atoms with Crippen LogP contribution >= 0.6 is 28.1 Å². The Labute approximate surface area is 524 Å². The van der Waals surface area contributed by atoms with E-state index in [0.29, 0.717) is 0 Å².